The summed E-state index contributed by atoms with van der Waals surface area (Å²) in [5.41, 5.74) is 0. The van der Waals surface area contributed by atoms with Crippen LogP contribution in [0.5, 0.6) is 0 Å². The van der Waals surface area contributed by atoms with Crippen LogP contribution in [0.2, 0.25) is 0 Å². The van der Waals surface area contributed by atoms with E-state index in [4.69, 9.17) is 4.42 Å². The smallest absolute Gasteiger partial charge is 0.263 e. The molecule has 1 unspecified atom stereocenters. The highest BCUT2D eigenvalue weighted by Crippen LogP contribution is 2.19. The minimum atomic E-state index is -0.566. The molecule has 0 bridgehead atoms. The van der Waals surface area contributed by atoms with Crippen LogP contribution in [0.15, 0.2) is 41.7 Å². The summed E-state index contributed by atoms with van der Waals surface area (Å²) in [6, 6.07) is 2.84. The predicted molar refractivity (Wildman–Crippen MR) is 76.8 cm³/mol. The average Bonchev–Trinajstić information content (AvgIpc) is 3.13. The van der Waals surface area contributed by atoms with Gasteiger partial charge in [0, 0.05) is 6.54 Å². The van der Waals surface area contributed by atoms with Gasteiger partial charge >= 0.3 is 0 Å². The molecule has 106 valence electrons. The van der Waals surface area contributed by atoms with E-state index in [-0.39, 0.29) is 12.5 Å². The molecule has 0 aliphatic heterocycles. The minimum absolute atomic E-state index is 0.236. The molecule has 0 saturated carbocycles. The van der Waals surface area contributed by atoms with E-state index >= 15 is 0 Å². The molecule has 2 aromatic heterocycles. The zero-order chi connectivity index (χ0) is 14.4. The molecule has 1 atom stereocenters. The number of aliphatic hydroxyl groups is 1. The van der Waals surface area contributed by atoms with Crippen molar-refractivity contribution in [3.05, 3.63) is 47.9 Å². The number of nitrogens with one attached hydrogen (secondary N) is 2. The number of aromatic nitrogens is 1. The number of anilines is 1. The fraction of sp³-hybridized carbons (Fsp3) is 0.231. The highest BCUT2D eigenvalue weighted by atomic mass is 32.1. The van der Waals surface area contributed by atoms with Gasteiger partial charge in [0.05, 0.1) is 19.1 Å². The molecule has 2 rings (SSSR count). The van der Waals surface area contributed by atoms with Gasteiger partial charge in [-0.05, 0) is 12.1 Å². The van der Waals surface area contributed by atoms with Gasteiger partial charge in [-0.25, -0.2) is 4.98 Å². The van der Waals surface area contributed by atoms with Gasteiger partial charge in [-0.1, -0.05) is 17.4 Å². The van der Waals surface area contributed by atoms with Gasteiger partial charge in [0.1, 0.15) is 16.7 Å². The van der Waals surface area contributed by atoms with Crippen molar-refractivity contribution in [2.45, 2.75) is 6.04 Å². The first-order chi connectivity index (χ1) is 9.74. The summed E-state index contributed by atoms with van der Waals surface area (Å²) >= 11 is 1.24. The number of hydrogen-bond donors (Lipinski definition) is 3. The molecule has 2 heterocycles. The maximum absolute atomic E-state index is 12.1. The lowest BCUT2D eigenvalue weighted by Crippen LogP contribution is -2.29. The van der Waals surface area contributed by atoms with Gasteiger partial charge in [-0.3, -0.25) is 4.79 Å². The van der Waals surface area contributed by atoms with Crippen molar-refractivity contribution in [1.29, 1.82) is 0 Å². The quantitative estimate of drug-likeness (QED) is 0.678. The number of carbonyl (C=O) groups excluding carboxylic acids is 1. The number of hydrogen-bond acceptors (Lipinski definition) is 6. The molecule has 0 aliphatic rings. The summed E-state index contributed by atoms with van der Waals surface area (Å²) in [7, 11) is 0. The molecule has 2 aromatic rings. The monoisotopic (exact) mass is 293 g/mol. The van der Waals surface area contributed by atoms with E-state index in [1.807, 2.05) is 0 Å². The molecule has 0 spiro atoms. The van der Waals surface area contributed by atoms with Crippen molar-refractivity contribution < 1.29 is 14.3 Å². The molecule has 1 amide bonds. The van der Waals surface area contributed by atoms with Crippen LogP contribution < -0.4 is 10.6 Å². The number of aliphatic hydroxyl groups excluding tert-OH is 1. The van der Waals surface area contributed by atoms with E-state index < -0.39 is 6.04 Å². The molecule has 0 radical (unpaired) electrons. The average molecular weight is 293 g/mol. The first-order valence-corrected chi connectivity index (χ1v) is 6.82. The Morgan fingerprint density at radius 3 is 3.15 bits per heavy atom. The number of carbonyl (C=O) groups is 1. The van der Waals surface area contributed by atoms with Crippen molar-refractivity contribution in [2.24, 2.45) is 0 Å². The second-order valence-electron chi connectivity index (χ2n) is 3.92. The zero-order valence-electron chi connectivity index (χ0n) is 10.7. The van der Waals surface area contributed by atoms with Gasteiger partial charge < -0.3 is 20.2 Å². The molecule has 0 aromatic carbocycles. The third-order valence-electron chi connectivity index (χ3n) is 2.50. The minimum Gasteiger partial charge on any atom is -0.467 e. The highest BCUT2D eigenvalue weighted by molar-refractivity contribution is 7.17. The largest absolute Gasteiger partial charge is 0.467 e. The van der Waals surface area contributed by atoms with Crippen LogP contribution in [0.1, 0.15) is 21.5 Å². The standard InChI is InChI=1S/C13H15N3O3S/c1-2-5-14-13-15-7-11(20-13)12(18)16-9(8-17)10-4-3-6-19-10/h2-4,6-7,9,17H,1,5,8H2,(H,14,15)(H,16,18). The SMILES string of the molecule is C=CCNc1ncc(C(=O)NC(CO)c2ccco2)s1. The number of rotatable bonds is 7. The van der Waals surface area contributed by atoms with Gasteiger partial charge in [0.25, 0.3) is 5.91 Å². The van der Waals surface area contributed by atoms with Crippen LogP contribution in [0, 0.1) is 0 Å². The summed E-state index contributed by atoms with van der Waals surface area (Å²) in [6.07, 6.45) is 4.69. The first kappa shape index (κ1) is 14.3. The number of furan rings is 1. The molecule has 0 aliphatic carbocycles. The van der Waals surface area contributed by atoms with Crippen molar-refractivity contribution in [3.8, 4) is 0 Å². The third kappa shape index (κ3) is 3.46. The maximum atomic E-state index is 12.1. The van der Waals surface area contributed by atoms with Gasteiger partial charge in [0.2, 0.25) is 0 Å². The molecule has 3 N–H and O–H groups in total. The Kier molecular flexibility index (Phi) is 4.91. The van der Waals surface area contributed by atoms with Crippen molar-refractivity contribution >= 4 is 22.4 Å². The number of thiazole rings is 1. The summed E-state index contributed by atoms with van der Waals surface area (Å²) in [5, 5.41) is 15.7. The molecule has 6 nitrogen and oxygen atoms in total. The van der Waals surface area contributed by atoms with Crippen LogP contribution in [0.25, 0.3) is 0 Å². The first-order valence-electron chi connectivity index (χ1n) is 6.00. The Labute approximate surface area is 120 Å². The van der Waals surface area contributed by atoms with Crippen molar-refractivity contribution in [3.63, 3.8) is 0 Å². The van der Waals surface area contributed by atoms with Crippen LogP contribution in [-0.4, -0.2) is 29.1 Å². The van der Waals surface area contributed by atoms with Crippen LogP contribution in [0.4, 0.5) is 5.13 Å². The zero-order valence-corrected chi connectivity index (χ0v) is 11.5. The number of amides is 1. The Bertz CT molecular complexity index is 565. The second kappa shape index (κ2) is 6.88. The predicted octanol–water partition coefficient (Wildman–Crippen LogP) is 1.80. The Morgan fingerprint density at radius 1 is 1.65 bits per heavy atom. The van der Waals surface area contributed by atoms with Gasteiger partial charge in [-0.15, -0.1) is 6.58 Å². The van der Waals surface area contributed by atoms with E-state index in [0.29, 0.717) is 22.3 Å². The molecule has 0 fully saturated rings. The van der Waals surface area contributed by atoms with Crippen LogP contribution in [0.3, 0.4) is 0 Å². The van der Waals surface area contributed by atoms with Crippen molar-refractivity contribution in [2.75, 3.05) is 18.5 Å². The Morgan fingerprint density at radius 2 is 2.50 bits per heavy atom. The van der Waals surface area contributed by atoms with Gasteiger partial charge in [-0.2, -0.15) is 0 Å². The van der Waals surface area contributed by atoms with Gasteiger partial charge in [0.15, 0.2) is 5.13 Å². The van der Waals surface area contributed by atoms with Crippen LogP contribution in [-0.2, 0) is 0 Å². The summed E-state index contributed by atoms with van der Waals surface area (Å²) in [4.78, 5) is 16.6. The van der Waals surface area contributed by atoms with E-state index in [0.717, 1.165) is 0 Å². The summed E-state index contributed by atoms with van der Waals surface area (Å²) < 4.78 is 5.17. The summed E-state index contributed by atoms with van der Waals surface area (Å²) in [6.45, 7) is 3.94. The fourth-order valence-corrected chi connectivity index (χ4v) is 2.27. The fourth-order valence-electron chi connectivity index (χ4n) is 1.55. The molecular formula is C13H15N3O3S. The highest BCUT2D eigenvalue weighted by Gasteiger charge is 2.18. The van der Waals surface area contributed by atoms with Crippen molar-refractivity contribution in [1.82, 2.24) is 10.3 Å². The molecular weight excluding hydrogens is 278 g/mol. The lowest BCUT2D eigenvalue weighted by atomic mass is 10.2. The lowest BCUT2D eigenvalue weighted by Gasteiger charge is -2.12. The van der Waals surface area contributed by atoms with E-state index in [1.165, 1.54) is 23.8 Å². The summed E-state index contributed by atoms with van der Waals surface area (Å²) in [5.74, 6) is 0.208. The number of nitrogens with zero attached hydrogens (tertiary/aromatic N) is 1. The van der Waals surface area contributed by atoms with E-state index in [2.05, 4.69) is 22.2 Å². The second-order valence-corrected chi connectivity index (χ2v) is 4.95. The topological polar surface area (TPSA) is 87.4 Å². The normalized spacial score (nSPS) is 11.8. The molecule has 7 heteroatoms. The molecule has 0 saturated heterocycles. The molecule has 20 heavy (non-hydrogen) atoms. The maximum Gasteiger partial charge on any atom is 0.263 e. The van der Waals surface area contributed by atoms with E-state index in [1.54, 1.807) is 18.2 Å². The Balaban J connectivity index is 2.00. The van der Waals surface area contributed by atoms with Crippen LogP contribution >= 0.6 is 11.3 Å². The lowest BCUT2D eigenvalue weighted by molar-refractivity contribution is 0.0911. The third-order valence-corrected chi connectivity index (χ3v) is 3.46. The Hall–Kier alpha value is -2.12. The van der Waals surface area contributed by atoms with E-state index in [9.17, 15) is 9.90 Å².